The number of furan rings is 1. The first-order valence-electron chi connectivity index (χ1n) is 6.57. The van der Waals surface area contributed by atoms with Crippen LogP contribution in [0.4, 0.5) is 5.69 Å². The highest BCUT2D eigenvalue weighted by Crippen LogP contribution is 2.08. The third kappa shape index (κ3) is 3.09. The Morgan fingerprint density at radius 3 is 2.77 bits per heavy atom. The van der Waals surface area contributed by atoms with Gasteiger partial charge in [-0.2, -0.15) is 0 Å². The van der Waals surface area contributed by atoms with Crippen molar-refractivity contribution in [3.8, 4) is 5.95 Å². The van der Waals surface area contributed by atoms with Crippen molar-refractivity contribution in [3.63, 3.8) is 0 Å². The van der Waals surface area contributed by atoms with Crippen molar-refractivity contribution >= 4 is 17.7 Å². The molecule has 1 amide bonds. The number of carbonyl (C=O) groups is 1. The summed E-state index contributed by atoms with van der Waals surface area (Å²) in [7, 11) is 0. The molecule has 0 bridgehead atoms. The molecule has 3 rings (SSSR count). The predicted molar refractivity (Wildman–Crippen MR) is 80.3 cm³/mol. The van der Waals surface area contributed by atoms with E-state index in [9.17, 15) is 4.79 Å². The Bertz CT molecular complexity index is 788. The highest BCUT2D eigenvalue weighted by atomic mass is 16.3. The Kier molecular flexibility index (Phi) is 3.78. The second kappa shape index (κ2) is 6.04. The zero-order chi connectivity index (χ0) is 15.4. The molecule has 3 heterocycles. The fraction of sp³-hybridized carbons (Fsp3) is 0.0667. The number of carbonyl (C=O) groups excluding carboxylic acids is 1. The van der Waals surface area contributed by atoms with Crippen LogP contribution in [-0.2, 0) is 4.79 Å². The molecule has 3 aromatic rings. The Hall–Kier alpha value is -3.22. The van der Waals surface area contributed by atoms with Crippen LogP contribution in [0.1, 0.15) is 11.6 Å². The molecule has 1 N–H and O–H groups in total. The van der Waals surface area contributed by atoms with Gasteiger partial charge in [-0.15, -0.1) is 0 Å². The first-order valence-corrected chi connectivity index (χ1v) is 6.57. The van der Waals surface area contributed by atoms with Crippen molar-refractivity contribution in [1.29, 1.82) is 0 Å². The van der Waals surface area contributed by atoms with E-state index in [4.69, 9.17) is 4.42 Å². The summed E-state index contributed by atoms with van der Waals surface area (Å²) in [6.07, 6.45) is 11.0. The average Bonchev–Trinajstić information content (AvgIpc) is 3.17. The molecule has 0 saturated heterocycles. The molecule has 7 nitrogen and oxygen atoms in total. The second-order valence-corrected chi connectivity index (χ2v) is 4.45. The van der Waals surface area contributed by atoms with E-state index in [-0.39, 0.29) is 5.91 Å². The predicted octanol–water partition coefficient (Wildman–Crippen LogP) is 2.22. The summed E-state index contributed by atoms with van der Waals surface area (Å²) in [5.41, 5.74) is 0.510. The van der Waals surface area contributed by atoms with E-state index in [1.807, 2.05) is 6.92 Å². The molecule has 0 aromatic carbocycles. The van der Waals surface area contributed by atoms with Crippen molar-refractivity contribution in [2.75, 3.05) is 5.32 Å². The largest absolute Gasteiger partial charge is 0.465 e. The van der Waals surface area contributed by atoms with Crippen molar-refractivity contribution in [1.82, 2.24) is 19.5 Å². The number of aromatic nitrogens is 4. The van der Waals surface area contributed by atoms with Crippen LogP contribution in [0.15, 0.2) is 53.7 Å². The van der Waals surface area contributed by atoms with Gasteiger partial charge in [0.25, 0.3) is 0 Å². The lowest BCUT2D eigenvalue weighted by Crippen LogP contribution is -2.09. The van der Waals surface area contributed by atoms with Crippen LogP contribution in [0.3, 0.4) is 0 Å². The van der Waals surface area contributed by atoms with Crippen molar-refractivity contribution in [2.45, 2.75) is 6.92 Å². The highest BCUT2D eigenvalue weighted by Gasteiger charge is 2.04. The zero-order valence-corrected chi connectivity index (χ0v) is 11.8. The summed E-state index contributed by atoms with van der Waals surface area (Å²) >= 11 is 0. The third-order valence-electron chi connectivity index (χ3n) is 2.89. The van der Waals surface area contributed by atoms with Gasteiger partial charge in [0, 0.05) is 18.5 Å². The molecule has 0 spiro atoms. The van der Waals surface area contributed by atoms with Crippen molar-refractivity contribution < 1.29 is 9.21 Å². The lowest BCUT2D eigenvalue weighted by molar-refractivity contribution is -0.111. The maximum atomic E-state index is 11.8. The molecule has 7 heteroatoms. The first-order chi connectivity index (χ1) is 10.7. The number of hydrogen-bond acceptors (Lipinski definition) is 5. The number of hydrogen-bond donors (Lipinski definition) is 1. The molecule has 0 radical (unpaired) electrons. The molecule has 110 valence electrons. The van der Waals surface area contributed by atoms with Crippen LogP contribution in [0.25, 0.3) is 12.0 Å². The Labute approximate surface area is 126 Å². The minimum Gasteiger partial charge on any atom is -0.465 e. The van der Waals surface area contributed by atoms with Gasteiger partial charge in [-0.1, -0.05) is 0 Å². The summed E-state index contributed by atoms with van der Waals surface area (Å²) in [4.78, 5) is 24.3. The van der Waals surface area contributed by atoms with Gasteiger partial charge in [0.2, 0.25) is 11.9 Å². The number of imidazole rings is 1. The molecule has 3 aromatic heterocycles. The second-order valence-electron chi connectivity index (χ2n) is 4.45. The van der Waals surface area contributed by atoms with Gasteiger partial charge in [-0.3, -0.25) is 9.36 Å². The molecule has 0 saturated carbocycles. The van der Waals surface area contributed by atoms with Crippen LogP contribution in [0.2, 0.25) is 0 Å². The monoisotopic (exact) mass is 295 g/mol. The highest BCUT2D eigenvalue weighted by molar-refractivity contribution is 6.01. The topological polar surface area (TPSA) is 85.8 Å². The molecule has 0 aliphatic rings. The normalized spacial score (nSPS) is 11.0. The van der Waals surface area contributed by atoms with Gasteiger partial charge in [0.15, 0.2) is 0 Å². The molecule has 0 fully saturated rings. The van der Waals surface area contributed by atoms with E-state index in [1.54, 1.807) is 53.8 Å². The number of aryl methyl sites for hydroxylation is 1. The SMILES string of the molecule is Cc1nccn1-c1ncc(NC(=O)C=Cc2ccco2)cn1. The summed E-state index contributed by atoms with van der Waals surface area (Å²) < 4.78 is 6.85. The van der Waals surface area contributed by atoms with Crippen LogP contribution in [0, 0.1) is 6.92 Å². The molecule has 0 unspecified atom stereocenters. The molecular formula is C15H13N5O2. The number of anilines is 1. The van der Waals surface area contributed by atoms with Crippen LogP contribution >= 0.6 is 0 Å². The van der Waals surface area contributed by atoms with E-state index < -0.39 is 0 Å². The number of nitrogens with one attached hydrogen (secondary N) is 1. The molecule has 0 aliphatic carbocycles. The van der Waals surface area contributed by atoms with Gasteiger partial charge in [0.1, 0.15) is 11.6 Å². The lowest BCUT2D eigenvalue weighted by Gasteiger charge is -2.04. The summed E-state index contributed by atoms with van der Waals surface area (Å²) in [6, 6.07) is 3.51. The number of amides is 1. The molecule has 0 atom stereocenters. The fourth-order valence-electron chi connectivity index (χ4n) is 1.83. The number of rotatable bonds is 4. The van der Waals surface area contributed by atoms with E-state index in [0.717, 1.165) is 5.82 Å². The van der Waals surface area contributed by atoms with E-state index in [2.05, 4.69) is 20.3 Å². The van der Waals surface area contributed by atoms with E-state index >= 15 is 0 Å². The molecular weight excluding hydrogens is 282 g/mol. The van der Waals surface area contributed by atoms with Crippen LogP contribution in [0.5, 0.6) is 0 Å². The van der Waals surface area contributed by atoms with Crippen molar-refractivity contribution in [2.24, 2.45) is 0 Å². The Balaban J connectivity index is 1.66. The quantitative estimate of drug-likeness (QED) is 0.746. The van der Waals surface area contributed by atoms with Gasteiger partial charge in [0.05, 0.1) is 24.3 Å². The maximum absolute atomic E-state index is 11.8. The number of nitrogens with zero attached hydrogens (tertiary/aromatic N) is 4. The maximum Gasteiger partial charge on any atom is 0.248 e. The molecule has 22 heavy (non-hydrogen) atoms. The van der Waals surface area contributed by atoms with Crippen LogP contribution < -0.4 is 5.32 Å². The van der Waals surface area contributed by atoms with E-state index in [0.29, 0.717) is 17.4 Å². The summed E-state index contributed by atoms with van der Waals surface area (Å²) in [5, 5.41) is 2.67. The van der Waals surface area contributed by atoms with E-state index in [1.165, 1.54) is 6.08 Å². The van der Waals surface area contributed by atoms with Gasteiger partial charge in [-0.25, -0.2) is 15.0 Å². The van der Waals surface area contributed by atoms with Crippen LogP contribution in [-0.4, -0.2) is 25.4 Å². The Morgan fingerprint density at radius 1 is 1.32 bits per heavy atom. The summed E-state index contributed by atoms with van der Waals surface area (Å²) in [6.45, 7) is 1.86. The third-order valence-corrected chi connectivity index (χ3v) is 2.89. The minimum absolute atomic E-state index is 0.286. The van der Waals surface area contributed by atoms with Gasteiger partial charge in [-0.05, 0) is 25.1 Å². The van der Waals surface area contributed by atoms with Gasteiger partial charge < -0.3 is 9.73 Å². The summed E-state index contributed by atoms with van der Waals surface area (Å²) in [5.74, 6) is 1.61. The smallest absolute Gasteiger partial charge is 0.248 e. The van der Waals surface area contributed by atoms with Gasteiger partial charge >= 0.3 is 0 Å². The van der Waals surface area contributed by atoms with Crippen molar-refractivity contribution in [3.05, 3.63) is 60.8 Å². The average molecular weight is 295 g/mol. The first kappa shape index (κ1) is 13.7. The lowest BCUT2D eigenvalue weighted by atomic mass is 10.4. The fourth-order valence-corrected chi connectivity index (χ4v) is 1.83. The zero-order valence-electron chi connectivity index (χ0n) is 11.8. The standard InChI is InChI=1S/C15H13N5O2/c1-11-16-6-7-20(11)15-17-9-12(10-18-15)19-14(21)5-4-13-3-2-8-22-13/h2-10H,1H3,(H,19,21). The molecule has 0 aliphatic heterocycles. The minimum atomic E-state index is -0.286. The Morgan fingerprint density at radius 2 is 2.14 bits per heavy atom.